The summed E-state index contributed by atoms with van der Waals surface area (Å²) in [4.78, 5) is 19.5. The summed E-state index contributed by atoms with van der Waals surface area (Å²) in [5.41, 5.74) is 1.49. The largest absolute Gasteiger partial charge is 0.494 e. The molecule has 0 spiro atoms. The average molecular weight is 553 g/mol. The zero-order valence-corrected chi connectivity index (χ0v) is 21.2. The number of benzene rings is 3. The summed E-state index contributed by atoms with van der Waals surface area (Å²) < 4.78 is 60.7. The molecule has 0 saturated heterocycles. The van der Waals surface area contributed by atoms with Crippen LogP contribution in [0.3, 0.4) is 0 Å². The fourth-order valence-corrected chi connectivity index (χ4v) is 4.39. The zero-order chi connectivity index (χ0) is 28.0. The topological polar surface area (TPSA) is 134 Å². The molecule has 0 aliphatic heterocycles. The van der Waals surface area contributed by atoms with E-state index in [1.54, 1.807) is 24.3 Å². The van der Waals surface area contributed by atoms with Gasteiger partial charge in [-0.2, -0.15) is 4.98 Å². The first-order valence-corrected chi connectivity index (χ1v) is 12.7. The van der Waals surface area contributed by atoms with Crippen LogP contribution in [0.4, 0.5) is 43.3 Å². The van der Waals surface area contributed by atoms with Crippen molar-refractivity contribution in [3.63, 3.8) is 0 Å². The highest BCUT2D eigenvalue weighted by atomic mass is 32.2. The van der Waals surface area contributed by atoms with Crippen LogP contribution in [0.25, 0.3) is 0 Å². The third-order valence-corrected chi connectivity index (χ3v) is 6.53. The van der Waals surface area contributed by atoms with Crippen LogP contribution in [0.1, 0.15) is 0 Å². The molecule has 1 aromatic heterocycles. The number of rotatable bonds is 10. The van der Waals surface area contributed by atoms with Crippen molar-refractivity contribution >= 4 is 50.4 Å². The number of carbonyl (C=O) groups is 1. The van der Waals surface area contributed by atoms with Gasteiger partial charge in [0.1, 0.15) is 11.6 Å². The van der Waals surface area contributed by atoms with E-state index >= 15 is 0 Å². The van der Waals surface area contributed by atoms with Gasteiger partial charge in [-0.3, -0.25) is 9.52 Å². The summed E-state index contributed by atoms with van der Waals surface area (Å²) in [6.07, 6.45) is 2.10. The van der Waals surface area contributed by atoms with E-state index in [1.807, 2.05) is 0 Å². The molecule has 4 rings (SSSR count). The molecule has 0 radical (unpaired) electrons. The number of hydrogen-bond acceptors (Lipinski definition) is 8. The minimum atomic E-state index is -4.01. The molecule has 0 atom stereocenters. The Morgan fingerprint density at radius 1 is 0.974 bits per heavy atom. The van der Waals surface area contributed by atoms with E-state index in [0.29, 0.717) is 17.1 Å². The van der Waals surface area contributed by atoms with Gasteiger partial charge in [-0.1, -0.05) is 12.6 Å². The molecule has 10 nitrogen and oxygen atoms in total. The minimum absolute atomic E-state index is 0.0386. The Kier molecular flexibility index (Phi) is 8.01. The Morgan fingerprint density at radius 3 is 2.41 bits per heavy atom. The number of methoxy groups -OCH3 is 1. The molecule has 1 amide bonds. The van der Waals surface area contributed by atoms with Crippen molar-refractivity contribution in [1.82, 2.24) is 9.97 Å². The number of hydrogen-bond donors (Lipinski definition) is 4. The molecule has 4 aromatic rings. The molecule has 0 fully saturated rings. The maximum absolute atomic E-state index is 14.4. The first kappa shape index (κ1) is 27.0. The number of aromatic nitrogens is 2. The first-order chi connectivity index (χ1) is 18.7. The van der Waals surface area contributed by atoms with Crippen LogP contribution in [0.2, 0.25) is 0 Å². The van der Waals surface area contributed by atoms with Gasteiger partial charge in [-0.25, -0.2) is 22.2 Å². The second-order valence-electron chi connectivity index (χ2n) is 7.89. The Labute approximate surface area is 222 Å². The van der Waals surface area contributed by atoms with Gasteiger partial charge in [0.15, 0.2) is 11.6 Å². The fraction of sp³-hybridized carbons (Fsp3) is 0.0385. The van der Waals surface area contributed by atoms with E-state index in [0.717, 1.165) is 36.5 Å². The summed E-state index contributed by atoms with van der Waals surface area (Å²) in [5, 5.41) is 8.36. The van der Waals surface area contributed by atoms with Crippen molar-refractivity contribution in [3.8, 4) is 5.75 Å². The normalized spacial score (nSPS) is 10.8. The number of sulfonamides is 1. The molecule has 0 unspecified atom stereocenters. The van der Waals surface area contributed by atoms with Crippen LogP contribution in [0, 0.1) is 11.6 Å². The number of nitrogens with one attached hydrogen (secondary N) is 4. The number of halogens is 2. The van der Waals surface area contributed by atoms with E-state index < -0.39 is 27.6 Å². The highest BCUT2D eigenvalue weighted by Crippen LogP contribution is 2.31. The van der Waals surface area contributed by atoms with Gasteiger partial charge < -0.3 is 20.7 Å². The van der Waals surface area contributed by atoms with Gasteiger partial charge in [-0.05, 0) is 60.7 Å². The lowest BCUT2D eigenvalue weighted by molar-refractivity contribution is -0.111. The van der Waals surface area contributed by atoms with E-state index in [-0.39, 0.29) is 28.1 Å². The SMILES string of the molecule is C=CC(=O)Nc1cccc(Nc2nc(Nc3ccc(NS(=O)(=O)c4ccc(F)cc4)c(OC)c3)ncc2F)c1. The third kappa shape index (κ3) is 6.84. The second kappa shape index (κ2) is 11.6. The first-order valence-electron chi connectivity index (χ1n) is 11.2. The number of carbonyl (C=O) groups excluding carboxylic acids is 1. The van der Waals surface area contributed by atoms with Crippen LogP contribution in [-0.2, 0) is 14.8 Å². The van der Waals surface area contributed by atoms with Crippen LogP contribution in [0.15, 0.2) is 90.5 Å². The number of amides is 1. The van der Waals surface area contributed by atoms with Gasteiger partial charge in [0, 0.05) is 23.1 Å². The molecule has 13 heteroatoms. The monoisotopic (exact) mass is 552 g/mol. The average Bonchev–Trinajstić information content (AvgIpc) is 2.91. The quantitative estimate of drug-likeness (QED) is 0.198. The summed E-state index contributed by atoms with van der Waals surface area (Å²) in [5.74, 6) is -1.59. The van der Waals surface area contributed by atoms with Crippen LogP contribution in [-0.4, -0.2) is 31.4 Å². The highest BCUT2D eigenvalue weighted by molar-refractivity contribution is 7.92. The highest BCUT2D eigenvalue weighted by Gasteiger charge is 2.17. The lowest BCUT2D eigenvalue weighted by Gasteiger charge is -2.14. The molecule has 3 aromatic carbocycles. The molecule has 1 heterocycles. The number of nitrogens with zero attached hydrogens (tertiary/aromatic N) is 2. The molecule has 39 heavy (non-hydrogen) atoms. The molecular formula is C26H22F2N6O4S. The van der Waals surface area contributed by atoms with Crippen molar-refractivity contribution in [3.05, 3.63) is 97.2 Å². The summed E-state index contributed by atoms with van der Waals surface area (Å²) in [6, 6.07) is 15.4. The van der Waals surface area contributed by atoms with Gasteiger partial charge in [0.05, 0.1) is 23.9 Å². The van der Waals surface area contributed by atoms with Crippen molar-refractivity contribution < 1.29 is 26.7 Å². The van der Waals surface area contributed by atoms with E-state index in [2.05, 4.69) is 37.2 Å². The Hall–Kier alpha value is -5.04. The lowest BCUT2D eigenvalue weighted by atomic mass is 10.2. The van der Waals surface area contributed by atoms with E-state index in [1.165, 1.54) is 25.3 Å². The van der Waals surface area contributed by atoms with Gasteiger partial charge in [-0.15, -0.1) is 0 Å². The smallest absolute Gasteiger partial charge is 0.262 e. The molecule has 4 N–H and O–H groups in total. The van der Waals surface area contributed by atoms with Crippen LogP contribution < -0.4 is 25.4 Å². The predicted octanol–water partition coefficient (Wildman–Crippen LogP) is 5.18. The Balaban J connectivity index is 1.51. The third-order valence-electron chi connectivity index (χ3n) is 5.15. The van der Waals surface area contributed by atoms with E-state index in [9.17, 15) is 22.0 Å². The van der Waals surface area contributed by atoms with Gasteiger partial charge in [0.2, 0.25) is 11.9 Å². The number of anilines is 6. The fourth-order valence-electron chi connectivity index (χ4n) is 3.32. The van der Waals surface area contributed by atoms with Crippen LogP contribution in [0.5, 0.6) is 5.75 Å². The van der Waals surface area contributed by atoms with Crippen molar-refractivity contribution in [2.75, 3.05) is 27.8 Å². The second-order valence-corrected chi connectivity index (χ2v) is 9.57. The lowest BCUT2D eigenvalue weighted by Crippen LogP contribution is -2.13. The van der Waals surface area contributed by atoms with Crippen LogP contribution >= 0.6 is 0 Å². The summed E-state index contributed by atoms with van der Waals surface area (Å²) >= 11 is 0. The molecule has 0 bridgehead atoms. The van der Waals surface area contributed by atoms with E-state index in [4.69, 9.17) is 4.74 Å². The van der Waals surface area contributed by atoms with Crippen molar-refractivity contribution in [2.45, 2.75) is 4.90 Å². The Morgan fingerprint density at radius 2 is 1.69 bits per heavy atom. The molecule has 200 valence electrons. The molecular weight excluding hydrogens is 530 g/mol. The maximum Gasteiger partial charge on any atom is 0.262 e. The summed E-state index contributed by atoms with van der Waals surface area (Å²) in [6.45, 7) is 3.40. The molecule has 0 aliphatic rings. The van der Waals surface area contributed by atoms with Crippen molar-refractivity contribution in [2.24, 2.45) is 0 Å². The standard InChI is InChI=1S/C26H22F2N6O4S/c1-3-24(35)30-17-5-4-6-18(13-17)31-25-21(28)15-29-26(33-25)32-19-9-12-22(23(14-19)38-2)34-39(36,37)20-10-7-16(27)8-11-20/h3-15,34H,1H2,2H3,(H,30,35)(H2,29,31,32,33). The minimum Gasteiger partial charge on any atom is -0.494 e. The predicted molar refractivity (Wildman–Crippen MR) is 144 cm³/mol. The summed E-state index contributed by atoms with van der Waals surface area (Å²) in [7, 11) is -2.65. The van der Waals surface area contributed by atoms with Gasteiger partial charge >= 0.3 is 0 Å². The van der Waals surface area contributed by atoms with Crippen molar-refractivity contribution in [1.29, 1.82) is 0 Å². The maximum atomic E-state index is 14.4. The Bertz CT molecular complexity index is 1630. The van der Waals surface area contributed by atoms with Gasteiger partial charge in [0.25, 0.3) is 10.0 Å². The zero-order valence-electron chi connectivity index (χ0n) is 20.4. The number of ether oxygens (including phenoxy) is 1. The molecule has 0 saturated carbocycles. The molecule has 0 aliphatic carbocycles.